The normalized spacial score (nSPS) is 11.5. The van der Waals surface area contributed by atoms with Crippen LogP contribution in [0.5, 0.6) is 5.75 Å². The minimum atomic E-state index is 0.667. The molecular formula is C21H22N2OS. The van der Waals surface area contributed by atoms with Gasteiger partial charge in [-0.2, -0.15) is 0 Å². The van der Waals surface area contributed by atoms with Crippen LogP contribution in [0.1, 0.15) is 12.5 Å². The van der Waals surface area contributed by atoms with Gasteiger partial charge in [-0.25, -0.2) is 4.99 Å². The van der Waals surface area contributed by atoms with Gasteiger partial charge in [0.15, 0.2) is 4.80 Å². The van der Waals surface area contributed by atoms with Crippen LogP contribution in [0.3, 0.4) is 0 Å². The molecule has 0 aliphatic heterocycles. The van der Waals surface area contributed by atoms with Crippen LogP contribution >= 0.6 is 11.3 Å². The van der Waals surface area contributed by atoms with Gasteiger partial charge in [0.05, 0.1) is 18.0 Å². The van der Waals surface area contributed by atoms with Crippen molar-refractivity contribution in [3.8, 4) is 17.0 Å². The highest BCUT2D eigenvalue weighted by molar-refractivity contribution is 7.07. The Morgan fingerprint density at radius 1 is 1.12 bits per heavy atom. The second-order valence-corrected chi connectivity index (χ2v) is 6.54. The summed E-state index contributed by atoms with van der Waals surface area (Å²) in [6.07, 6.45) is 1.90. The first-order chi connectivity index (χ1) is 12.2. The van der Waals surface area contributed by atoms with Crippen LogP contribution in [-0.4, -0.2) is 11.2 Å². The van der Waals surface area contributed by atoms with E-state index < -0.39 is 0 Å². The number of aryl methyl sites for hydroxylation is 1. The molecule has 0 aliphatic rings. The van der Waals surface area contributed by atoms with Crippen molar-refractivity contribution in [2.45, 2.75) is 20.4 Å². The van der Waals surface area contributed by atoms with Crippen LogP contribution in [-0.2, 0) is 6.54 Å². The summed E-state index contributed by atoms with van der Waals surface area (Å²) in [5.74, 6) is 0.868. The standard InChI is InChI=1S/C21H22N2OS/c1-4-14-23-20(17-8-6-16(3)7-9-17)15-25-21(23)22-18-10-12-19(13-11-18)24-5-2/h4,6-13,15H,1,5,14H2,2-3H3. The van der Waals surface area contributed by atoms with Crippen LogP contribution in [0.4, 0.5) is 5.69 Å². The van der Waals surface area contributed by atoms with Gasteiger partial charge >= 0.3 is 0 Å². The second-order valence-electron chi connectivity index (χ2n) is 5.71. The molecule has 0 radical (unpaired) electrons. The maximum Gasteiger partial charge on any atom is 0.190 e. The molecule has 1 aromatic heterocycles. The van der Waals surface area contributed by atoms with Gasteiger partial charge in [-0.3, -0.25) is 0 Å². The third kappa shape index (κ3) is 4.09. The molecule has 0 unspecified atom stereocenters. The molecule has 3 aromatic rings. The minimum Gasteiger partial charge on any atom is -0.494 e. The SMILES string of the molecule is C=CCn1c(-c2ccc(C)cc2)csc1=Nc1ccc(OCC)cc1. The largest absolute Gasteiger partial charge is 0.494 e. The van der Waals surface area contributed by atoms with Crippen LogP contribution in [0.2, 0.25) is 0 Å². The zero-order valence-electron chi connectivity index (χ0n) is 14.6. The molecule has 0 saturated heterocycles. The summed E-state index contributed by atoms with van der Waals surface area (Å²) in [6.45, 7) is 9.36. The van der Waals surface area contributed by atoms with Crippen molar-refractivity contribution >= 4 is 17.0 Å². The van der Waals surface area contributed by atoms with Crippen molar-refractivity contribution in [1.29, 1.82) is 0 Å². The lowest BCUT2D eigenvalue weighted by atomic mass is 10.1. The summed E-state index contributed by atoms with van der Waals surface area (Å²) in [6, 6.07) is 16.4. The molecule has 0 aliphatic carbocycles. The van der Waals surface area contributed by atoms with Gasteiger partial charge in [0.2, 0.25) is 0 Å². The van der Waals surface area contributed by atoms with Gasteiger partial charge in [-0.05, 0) is 43.7 Å². The van der Waals surface area contributed by atoms with E-state index in [0.717, 1.165) is 28.5 Å². The molecule has 25 heavy (non-hydrogen) atoms. The van der Waals surface area contributed by atoms with Crippen molar-refractivity contribution in [3.63, 3.8) is 0 Å². The van der Waals surface area contributed by atoms with E-state index in [9.17, 15) is 0 Å². The molecule has 0 amide bonds. The van der Waals surface area contributed by atoms with Crippen molar-refractivity contribution < 1.29 is 4.74 Å². The molecule has 3 rings (SSSR count). The van der Waals surface area contributed by atoms with Gasteiger partial charge < -0.3 is 9.30 Å². The zero-order chi connectivity index (χ0) is 17.6. The number of hydrogen-bond acceptors (Lipinski definition) is 3. The number of nitrogens with zero attached hydrogens (tertiary/aromatic N) is 2. The molecule has 0 atom stereocenters. The first-order valence-corrected chi connectivity index (χ1v) is 9.23. The summed E-state index contributed by atoms with van der Waals surface area (Å²) < 4.78 is 7.68. The highest BCUT2D eigenvalue weighted by Crippen LogP contribution is 2.22. The van der Waals surface area contributed by atoms with Crippen LogP contribution < -0.4 is 9.54 Å². The maximum atomic E-state index is 5.49. The predicted octanol–water partition coefficient (Wildman–Crippen LogP) is 5.34. The van der Waals surface area contributed by atoms with Gasteiger partial charge in [0.1, 0.15) is 5.75 Å². The van der Waals surface area contributed by atoms with E-state index in [0.29, 0.717) is 6.61 Å². The smallest absolute Gasteiger partial charge is 0.190 e. The highest BCUT2D eigenvalue weighted by Gasteiger charge is 2.07. The van der Waals surface area contributed by atoms with Gasteiger partial charge in [0, 0.05) is 11.9 Å². The Kier molecular flexibility index (Phi) is 5.51. The van der Waals surface area contributed by atoms with Gasteiger partial charge in [-0.15, -0.1) is 17.9 Å². The minimum absolute atomic E-state index is 0.667. The number of rotatable bonds is 6. The first-order valence-electron chi connectivity index (χ1n) is 8.35. The number of benzene rings is 2. The molecule has 0 bridgehead atoms. The average Bonchev–Trinajstić information content (AvgIpc) is 3.01. The Hall–Kier alpha value is -2.59. The van der Waals surface area contributed by atoms with E-state index in [4.69, 9.17) is 9.73 Å². The number of ether oxygens (including phenoxy) is 1. The quantitative estimate of drug-likeness (QED) is 0.551. The number of allylic oxidation sites excluding steroid dienone is 1. The average molecular weight is 350 g/mol. The summed E-state index contributed by atoms with van der Waals surface area (Å²) >= 11 is 1.64. The number of hydrogen-bond donors (Lipinski definition) is 0. The molecule has 3 nitrogen and oxygen atoms in total. The Morgan fingerprint density at radius 3 is 2.48 bits per heavy atom. The summed E-state index contributed by atoms with van der Waals surface area (Å²) in [5.41, 5.74) is 4.53. The Balaban J connectivity index is 2.01. The third-order valence-electron chi connectivity index (χ3n) is 3.83. The number of aromatic nitrogens is 1. The lowest BCUT2D eigenvalue weighted by molar-refractivity contribution is 0.340. The van der Waals surface area contributed by atoms with Crippen LogP contribution in [0.15, 0.2) is 71.6 Å². The maximum absolute atomic E-state index is 5.49. The Labute approximate surface area is 152 Å². The lowest BCUT2D eigenvalue weighted by Gasteiger charge is -2.07. The summed E-state index contributed by atoms with van der Waals surface area (Å²) in [4.78, 5) is 5.76. The topological polar surface area (TPSA) is 26.5 Å². The monoisotopic (exact) mass is 350 g/mol. The third-order valence-corrected chi connectivity index (χ3v) is 4.69. The summed E-state index contributed by atoms with van der Waals surface area (Å²) in [5, 5.41) is 2.15. The molecular weight excluding hydrogens is 328 g/mol. The molecule has 0 spiro atoms. The lowest BCUT2D eigenvalue weighted by Crippen LogP contribution is -2.14. The summed E-state index contributed by atoms with van der Waals surface area (Å²) in [7, 11) is 0. The molecule has 1 heterocycles. The fourth-order valence-electron chi connectivity index (χ4n) is 2.57. The first kappa shape index (κ1) is 17.2. The predicted molar refractivity (Wildman–Crippen MR) is 106 cm³/mol. The van der Waals surface area contributed by atoms with Crippen molar-refractivity contribution in [2.75, 3.05) is 6.61 Å². The fraction of sp³-hybridized carbons (Fsp3) is 0.190. The van der Waals surface area contributed by atoms with E-state index in [1.807, 2.05) is 37.3 Å². The molecule has 0 saturated carbocycles. The molecule has 0 fully saturated rings. The van der Waals surface area contributed by atoms with Crippen molar-refractivity contribution in [3.05, 3.63) is 76.9 Å². The highest BCUT2D eigenvalue weighted by atomic mass is 32.1. The van der Waals surface area contributed by atoms with E-state index in [1.165, 1.54) is 11.1 Å². The number of thiazole rings is 1. The van der Waals surface area contributed by atoms with Gasteiger partial charge in [0.25, 0.3) is 0 Å². The van der Waals surface area contributed by atoms with E-state index >= 15 is 0 Å². The van der Waals surface area contributed by atoms with E-state index in [2.05, 4.69) is 47.7 Å². The van der Waals surface area contributed by atoms with E-state index in [-0.39, 0.29) is 0 Å². The Morgan fingerprint density at radius 2 is 1.84 bits per heavy atom. The molecule has 128 valence electrons. The molecule has 2 aromatic carbocycles. The molecule has 0 N–H and O–H groups in total. The molecule has 4 heteroatoms. The second kappa shape index (κ2) is 7.99. The van der Waals surface area contributed by atoms with Crippen LogP contribution in [0.25, 0.3) is 11.3 Å². The Bertz CT molecular complexity index is 902. The van der Waals surface area contributed by atoms with E-state index in [1.54, 1.807) is 11.3 Å². The van der Waals surface area contributed by atoms with Crippen LogP contribution in [0, 0.1) is 6.92 Å². The fourth-order valence-corrected chi connectivity index (χ4v) is 3.51. The van der Waals surface area contributed by atoms with Crippen molar-refractivity contribution in [2.24, 2.45) is 4.99 Å². The van der Waals surface area contributed by atoms with Gasteiger partial charge in [-0.1, -0.05) is 35.9 Å². The zero-order valence-corrected chi connectivity index (χ0v) is 15.4. The van der Waals surface area contributed by atoms with Crippen molar-refractivity contribution in [1.82, 2.24) is 4.57 Å².